The number of nitrogens with zero attached hydrogens (tertiary/aromatic N) is 1. The summed E-state index contributed by atoms with van der Waals surface area (Å²) in [6.07, 6.45) is 1.86. The number of hydrogen-bond donors (Lipinski definition) is 1. The fourth-order valence-electron chi connectivity index (χ4n) is 3.21. The van der Waals surface area contributed by atoms with E-state index < -0.39 is 11.9 Å². The van der Waals surface area contributed by atoms with Crippen molar-refractivity contribution in [2.24, 2.45) is 4.99 Å². The molecule has 1 aliphatic heterocycles. The van der Waals surface area contributed by atoms with Crippen molar-refractivity contribution in [3.63, 3.8) is 0 Å². The van der Waals surface area contributed by atoms with E-state index in [4.69, 9.17) is 14.2 Å². The number of thioether (sulfide) groups is 1. The second-order valence-corrected chi connectivity index (χ2v) is 9.63. The van der Waals surface area contributed by atoms with Crippen molar-refractivity contribution < 1.29 is 28.9 Å². The van der Waals surface area contributed by atoms with Crippen LogP contribution in [0.15, 0.2) is 62.1 Å². The molecule has 0 atom stereocenters. The number of benzene rings is 2. The van der Waals surface area contributed by atoms with E-state index in [0.29, 0.717) is 39.7 Å². The number of esters is 1. The van der Waals surface area contributed by atoms with E-state index in [0.717, 1.165) is 17.3 Å². The fourth-order valence-corrected chi connectivity index (χ4v) is 4.67. The number of halogens is 1. The lowest BCUT2D eigenvalue weighted by atomic mass is 10.1. The number of ether oxygens (including phenoxy) is 3. The van der Waals surface area contributed by atoms with Crippen LogP contribution in [0.1, 0.15) is 43.9 Å². The maximum atomic E-state index is 12.5. The van der Waals surface area contributed by atoms with Crippen LogP contribution in [0.25, 0.3) is 6.08 Å². The molecule has 36 heavy (non-hydrogen) atoms. The smallest absolute Gasteiger partial charge is 0.344 e. The first-order chi connectivity index (χ1) is 17.3. The zero-order chi connectivity index (χ0) is 26.2. The van der Waals surface area contributed by atoms with E-state index in [1.807, 2.05) is 38.1 Å². The maximum absolute atomic E-state index is 12.5. The number of aliphatic hydroxyl groups excluding tert-OH is 1. The predicted octanol–water partition coefficient (Wildman–Crippen LogP) is 6.53. The summed E-state index contributed by atoms with van der Waals surface area (Å²) in [6.45, 7) is 8.18. The SMILES string of the molecule is CCOC(=O)C1=C(O)/C(=C/c2cc(OCC)c(OCc3ccc(C)cc3)cc2Br)SC1=NC(=O)CC. The largest absolute Gasteiger partial charge is 0.506 e. The Kier molecular flexibility index (Phi) is 9.78. The summed E-state index contributed by atoms with van der Waals surface area (Å²) in [5.41, 5.74) is 2.77. The van der Waals surface area contributed by atoms with Crippen molar-refractivity contribution in [1.82, 2.24) is 0 Å². The van der Waals surface area contributed by atoms with Gasteiger partial charge in [0.1, 0.15) is 23.0 Å². The number of aryl methyl sites for hydroxylation is 1. The molecule has 7 nitrogen and oxygen atoms in total. The predicted molar refractivity (Wildman–Crippen MR) is 145 cm³/mol. The van der Waals surface area contributed by atoms with Gasteiger partial charge in [0.15, 0.2) is 11.5 Å². The summed E-state index contributed by atoms with van der Waals surface area (Å²) < 4.78 is 17.6. The summed E-state index contributed by atoms with van der Waals surface area (Å²) in [5, 5.41) is 11.0. The highest BCUT2D eigenvalue weighted by Gasteiger charge is 2.33. The van der Waals surface area contributed by atoms with Crippen LogP contribution >= 0.6 is 27.7 Å². The van der Waals surface area contributed by atoms with Crippen molar-refractivity contribution >= 4 is 50.7 Å². The summed E-state index contributed by atoms with van der Waals surface area (Å²) in [4.78, 5) is 28.8. The second-order valence-electron chi connectivity index (χ2n) is 7.75. The van der Waals surface area contributed by atoms with E-state index in [1.165, 1.54) is 5.56 Å². The van der Waals surface area contributed by atoms with Gasteiger partial charge in [-0.15, -0.1) is 0 Å². The highest BCUT2D eigenvalue weighted by atomic mass is 79.9. The summed E-state index contributed by atoms with van der Waals surface area (Å²) in [7, 11) is 0. The van der Waals surface area contributed by atoms with Gasteiger partial charge in [-0.2, -0.15) is 0 Å². The van der Waals surface area contributed by atoms with Gasteiger partial charge in [-0.1, -0.05) is 64.4 Å². The lowest BCUT2D eigenvalue weighted by Crippen LogP contribution is -2.14. The molecule has 2 aromatic rings. The average molecular weight is 574 g/mol. The lowest BCUT2D eigenvalue weighted by molar-refractivity contribution is -0.138. The summed E-state index contributed by atoms with van der Waals surface area (Å²) >= 11 is 4.60. The first-order valence-electron chi connectivity index (χ1n) is 11.5. The van der Waals surface area contributed by atoms with Crippen LogP contribution in [0.2, 0.25) is 0 Å². The number of aliphatic hydroxyl groups is 1. The molecular formula is C27H28BrNO6S. The molecule has 0 fully saturated rings. The van der Waals surface area contributed by atoms with Crippen molar-refractivity contribution in [2.45, 2.75) is 40.7 Å². The molecule has 1 N–H and O–H groups in total. The van der Waals surface area contributed by atoms with Gasteiger partial charge >= 0.3 is 5.97 Å². The van der Waals surface area contributed by atoms with Crippen LogP contribution in [0.3, 0.4) is 0 Å². The first kappa shape index (κ1) is 27.5. The number of carbonyl (C=O) groups excluding carboxylic acids is 2. The monoisotopic (exact) mass is 573 g/mol. The van der Waals surface area contributed by atoms with Gasteiger partial charge in [-0.05, 0) is 50.1 Å². The summed E-state index contributed by atoms with van der Waals surface area (Å²) in [5.74, 6) is -0.323. The zero-order valence-electron chi connectivity index (χ0n) is 20.6. The third-order valence-corrected chi connectivity index (χ3v) is 6.77. The Hall–Kier alpha value is -3.04. The van der Waals surface area contributed by atoms with Gasteiger partial charge < -0.3 is 19.3 Å². The quantitative estimate of drug-likeness (QED) is 0.340. The van der Waals surface area contributed by atoms with Crippen molar-refractivity contribution in [1.29, 1.82) is 0 Å². The van der Waals surface area contributed by atoms with Crippen molar-refractivity contribution in [3.05, 3.63) is 73.8 Å². The molecule has 0 saturated carbocycles. The normalized spacial score (nSPS) is 15.5. The third-order valence-electron chi connectivity index (χ3n) is 5.06. The van der Waals surface area contributed by atoms with Gasteiger partial charge in [0.05, 0.1) is 18.1 Å². The summed E-state index contributed by atoms with van der Waals surface area (Å²) in [6, 6.07) is 11.7. The topological polar surface area (TPSA) is 94.4 Å². The van der Waals surface area contributed by atoms with E-state index in [2.05, 4.69) is 20.9 Å². The van der Waals surface area contributed by atoms with Crippen LogP contribution in [-0.2, 0) is 20.9 Å². The molecule has 1 aliphatic rings. The minimum Gasteiger partial charge on any atom is -0.506 e. The number of hydrogen-bond acceptors (Lipinski definition) is 7. The molecule has 0 aromatic heterocycles. The Morgan fingerprint density at radius 1 is 1.06 bits per heavy atom. The van der Waals surface area contributed by atoms with Crippen molar-refractivity contribution in [3.8, 4) is 11.5 Å². The highest BCUT2D eigenvalue weighted by molar-refractivity contribution is 9.10. The Morgan fingerprint density at radius 3 is 2.39 bits per heavy atom. The number of rotatable bonds is 9. The van der Waals surface area contributed by atoms with Crippen LogP contribution in [0.4, 0.5) is 0 Å². The molecule has 0 spiro atoms. The Morgan fingerprint density at radius 2 is 1.75 bits per heavy atom. The molecule has 0 unspecified atom stereocenters. The Labute approximate surface area is 223 Å². The fraction of sp³-hybridized carbons (Fsp3) is 0.296. The van der Waals surface area contributed by atoms with Gasteiger partial charge in [0, 0.05) is 10.9 Å². The van der Waals surface area contributed by atoms with Gasteiger partial charge in [-0.25, -0.2) is 9.79 Å². The van der Waals surface area contributed by atoms with Gasteiger partial charge in [-0.3, -0.25) is 4.79 Å². The molecule has 1 amide bonds. The maximum Gasteiger partial charge on any atom is 0.344 e. The molecule has 3 rings (SSSR count). The molecule has 0 bridgehead atoms. The number of aliphatic imine (C=N–C) groups is 1. The minimum atomic E-state index is -0.734. The molecule has 2 aromatic carbocycles. The van der Waals surface area contributed by atoms with E-state index in [-0.39, 0.29) is 29.4 Å². The molecule has 0 saturated heterocycles. The van der Waals surface area contributed by atoms with Gasteiger partial charge in [0.2, 0.25) is 5.91 Å². The van der Waals surface area contributed by atoms with E-state index in [1.54, 1.807) is 32.1 Å². The Balaban J connectivity index is 1.96. The average Bonchev–Trinajstić information content (AvgIpc) is 3.15. The number of carbonyl (C=O) groups is 2. The Bertz CT molecular complexity index is 1230. The lowest BCUT2D eigenvalue weighted by Gasteiger charge is -2.14. The van der Waals surface area contributed by atoms with Crippen molar-refractivity contribution in [2.75, 3.05) is 13.2 Å². The minimum absolute atomic E-state index is 0.114. The van der Waals surface area contributed by atoms with E-state index in [9.17, 15) is 14.7 Å². The number of amides is 1. The molecule has 0 aliphatic carbocycles. The van der Waals surface area contributed by atoms with Gasteiger partial charge in [0.25, 0.3) is 0 Å². The molecule has 9 heteroatoms. The van der Waals surface area contributed by atoms with Crippen LogP contribution < -0.4 is 9.47 Å². The third kappa shape index (κ3) is 6.79. The first-order valence-corrected chi connectivity index (χ1v) is 13.1. The van der Waals surface area contributed by atoms with E-state index >= 15 is 0 Å². The molecule has 0 radical (unpaired) electrons. The highest BCUT2D eigenvalue weighted by Crippen LogP contribution is 2.42. The van der Waals surface area contributed by atoms with Crippen LogP contribution in [0.5, 0.6) is 11.5 Å². The molecule has 190 valence electrons. The van der Waals surface area contributed by atoms with Crippen LogP contribution in [-0.4, -0.2) is 35.2 Å². The molecular weight excluding hydrogens is 546 g/mol. The standard InChI is InChI=1S/C27H28BrNO6S/c1-5-23(30)29-26-24(27(32)34-7-3)25(31)22(36-26)13-18-12-20(33-6-2)21(14-19(18)28)35-15-17-10-8-16(4)9-11-17/h8-14,31H,5-7,15H2,1-4H3/b22-13-,29-26?. The molecule has 1 heterocycles. The van der Waals surface area contributed by atoms with Crippen LogP contribution in [0, 0.1) is 6.92 Å². The second kappa shape index (κ2) is 12.8. The zero-order valence-corrected chi connectivity index (χ0v) is 23.0.